The molecule has 26 heavy (non-hydrogen) atoms. The Morgan fingerprint density at radius 1 is 1.00 bits per heavy atom. The molecule has 0 radical (unpaired) electrons. The molecular formula is C20H24F2N2O2. The second-order valence-corrected chi connectivity index (χ2v) is 7.86. The van der Waals surface area contributed by atoms with E-state index >= 15 is 0 Å². The first-order valence-electron chi connectivity index (χ1n) is 9.54. The molecule has 0 unspecified atom stereocenters. The Bertz CT molecular complexity index is 700. The van der Waals surface area contributed by atoms with E-state index in [1.165, 1.54) is 12.1 Å². The van der Waals surface area contributed by atoms with Crippen molar-refractivity contribution in [2.24, 2.45) is 11.8 Å². The maximum Gasteiger partial charge on any atom is 0.227 e. The molecule has 0 bridgehead atoms. The number of halogens is 2. The molecule has 0 N–H and O–H groups in total. The minimum atomic E-state index is -0.656. The third-order valence-electron chi connectivity index (χ3n) is 5.90. The highest BCUT2D eigenvalue weighted by molar-refractivity contribution is 5.81. The van der Waals surface area contributed by atoms with Crippen molar-refractivity contribution in [2.75, 3.05) is 19.6 Å². The number of likely N-dealkylation sites (tertiary alicyclic amines) is 2. The SMILES string of the molecule is O=C(C1CC1)N1CC[C@H]2[C@H](CCCN2C(=O)Cc2cc(F)cc(F)c2)C1. The van der Waals surface area contributed by atoms with Crippen LogP contribution in [0, 0.1) is 23.5 Å². The number of fused-ring (bicyclic) bond motifs is 1. The molecule has 1 aromatic rings. The predicted octanol–water partition coefficient (Wildman–Crippen LogP) is 2.76. The van der Waals surface area contributed by atoms with E-state index < -0.39 is 11.6 Å². The van der Waals surface area contributed by atoms with Crippen molar-refractivity contribution in [1.82, 2.24) is 9.80 Å². The van der Waals surface area contributed by atoms with Gasteiger partial charge in [-0.05, 0) is 55.7 Å². The first-order valence-corrected chi connectivity index (χ1v) is 9.54. The minimum Gasteiger partial charge on any atom is -0.342 e. The van der Waals surface area contributed by atoms with E-state index in [2.05, 4.69) is 0 Å². The summed E-state index contributed by atoms with van der Waals surface area (Å²) in [6.45, 7) is 2.13. The molecule has 0 spiro atoms. The van der Waals surface area contributed by atoms with Gasteiger partial charge in [0.15, 0.2) is 0 Å². The zero-order valence-electron chi connectivity index (χ0n) is 14.8. The monoisotopic (exact) mass is 362 g/mol. The van der Waals surface area contributed by atoms with Crippen molar-refractivity contribution in [1.29, 1.82) is 0 Å². The number of rotatable bonds is 3. The lowest BCUT2D eigenvalue weighted by molar-refractivity contribution is -0.141. The topological polar surface area (TPSA) is 40.6 Å². The number of amides is 2. The Balaban J connectivity index is 1.42. The third-order valence-corrected chi connectivity index (χ3v) is 5.90. The van der Waals surface area contributed by atoms with Gasteiger partial charge in [0.25, 0.3) is 0 Å². The van der Waals surface area contributed by atoms with Crippen LogP contribution in [0.5, 0.6) is 0 Å². The zero-order chi connectivity index (χ0) is 18.3. The molecule has 1 saturated carbocycles. The van der Waals surface area contributed by atoms with Crippen LogP contribution < -0.4 is 0 Å². The lowest BCUT2D eigenvalue weighted by Crippen LogP contribution is -2.57. The molecule has 2 saturated heterocycles. The summed E-state index contributed by atoms with van der Waals surface area (Å²) in [6, 6.07) is 3.40. The fourth-order valence-corrected chi connectivity index (χ4v) is 4.49. The zero-order valence-corrected chi connectivity index (χ0v) is 14.8. The maximum atomic E-state index is 13.4. The van der Waals surface area contributed by atoms with Crippen LogP contribution >= 0.6 is 0 Å². The average molecular weight is 362 g/mol. The summed E-state index contributed by atoms with van der Waals surface area (Å²) >= 11 is 0. The van der Waals surface area contributed by atoms with E-state index in [9.17, 15) is 18.4 Å². The Morgan fingerprint density at radius 2 is 1.73 bits per heavy atom. The van der Waals surface area contributed by atoms with E-state index in [0.29, 0.717) is 24.6 Å². The molecule has 2 amide bonds. The number of hydrogen-bond donors (Lipinski definition) is 0. The van der Waals surface area contributed by atoms with Gasteiger partial charge in [0, 0.05) is 37.7 Å². The van der Waals surface area contributed by atoms with E-state index in [0.717, 1.165) is 44.7 Å². The Hall–Kier alpha value is -1.98. The normalized spacial score (nSPS) is 25.8. The molecule has 1 aliphatic carbocycles. The highest BCUT2D eigenvalue weighted by Gasteiger charge is 2.41. The molecule has 4 nitrogen and oxygen atoms in total. The Morgan fingerprint density at radius 3 is 2.42 bits per heavy atom. The number of nitrogens with zero attached hydrogens (tertiary/aromatic N) is 2. The number of piperidine rings is 2. The summed E-state index contributed by atoms with van der Waals surface area (Å²) in [4.78, 5) is 29.0. The minimum absolute atomic E-state index is 0.0165. The lowest BCUT2D eigenvalue weighted by atomic mass is 9.83. The van der Waals surface area contributed by atoms with Crippen LogP contribution in [0.4, 0.5) is 8.78 Å². The van der Waals surface area contributed by atoms with E-state index in [4.69, 9.17) is 0 Å². The summed E-state index contributed by atoms with van der Waals surface area (Å²) in [6.07, 6.45) is 4.78. The number of benzene rings is 1. The molecule has 4 rings (SSSR count). The molecule has 0 aromatic heterocycles. The molecular weight excluding hydrogens is 338 g/mol. The van der Waals surface area contributed by atoms with Crippen molar-refractivity contribution in [3.05, 3.63) is 35.4 Å². The van der Waals surface area contributed by atoms with Gasteiger partial charge < -0.3 is 9.80 Å². The molecule has 2 aliphatic heterocycles. The molecule has 140 valence electrons. The smallest absolute Gasteiger partial charge is 0.227 e. The highest BCUT2D eigenvalue weighted by atomic mass is 19.1. The predicted molar refractivity (Wildman–Crippen MR) is 92.2 cm³/mol. The van der Waals surface area contributed by atoms with Crippen LogP contribution in [-0.4, -0.2) is 47.3 Å². The van der Waals surface area contributed by atoms with Gasteiger partial charge in [0.2, 0.25) is 11.8 Å². The number of carbonyl (C=O) groups is 2. The van der Waals surface area contributed by atoms with Crippen LogP contribution in [-0.2, 0) is 16.0 Å². The average Bonchev–Trinajstić information content (AvgIpc) is 3.44. The van der Waals surface area contributed by atoms with E-state index in [-0.39, 0.29) is 30.2 Å². The highest BCUT2D eigenvalue weighted by Crippen LogP contribution is 2.35. The van der Waals surface area contributed by atoms with Gasteiger partial charge in [-0.15, -0.1) is 0 Å². The van der Waals surface area contributed by atoms with Crippen LogP contribution in [0.15, 0.2) is 18.2 Å². The second-order valence-electron chi connectivity index (χ2n) is 7.86. The summed E-state index contributed by atoms with van der Waals surface area (Å²) in [5.41, 5.74) is 0.371. The molecule has 1 aromatic carbocycles. The Kier molecular flexibility index (Phi) is 4.67. The molecule has 2 heterocycles. The number of hydrogen-bond acceptors (Lipinski definition) is 2. The van der Waals surface area contributed by atoms with E-state index in [1.54, 1.807) is 0 Å². The van der Waals surface area contributed by atoms with Gasteiger partial charge in [-0.2, -0.15) is 0 Å². The standard InChI is InChI=1S/C20H24F2N2O2/c21-16-8-13(9-17(22)11-16)10-19(25)24-6-1-2-15-12-23(7-5-18(15)24)20(26)14-3-4-14/h8-9,11,14-15,18H,1-7,10,12H2/t15-,18+/m1/s1. The first-order chi connectivity index (χ1) is 12.5. The lowest BCUT2D eigenvalue weighted by Gasteiger charge is -2.47. The maximum absolute atomic E-state index is 13.4. The van der Waals surface area contributed by atoms with Crippen LogP contribution in [0.3, 0.4) is 0 Å². The van der Waals surface area contributed by atoms with Gasteiger partial charge in [-0.3, -0.25) is 9.59 Å². The van der Waals surface area contributed by atoms with Gasteiger partial charge in [0.05, 0.1) is 6.42 Å². The quantitative estimate of drug-likeness (QED) is 0.830. The van der Waals surface area contributed by atoms with Crippen LogP contribution in [0.1, 0.15) is 37.7 Å². The van der Waals surface area contributed by atoms with Crippen molar-refractivity contribution >= 4 is 11.8 Å². The van der Waals surface area contributed by atoms with Crippen LogP contribution in [0.2, 0.25) is 0 Å². The largest absolute Gasteiger partial charge is 0.342 e. The fourth-order valence-electron chi connectivity index (χ4n) is 4.49. The summed E-state index contributed by atoms with van der Waals surface area (Å²) < 4.78 is 26.8. The second kappa shape index (κ2) is 6.97. The fraction of sp³-hybridized carbons (Fsp3) is 0.600. The molecule has 3 fully saturated rings. The molecule has 2 atom stereocenters. The Labute approximate surface area is 152 Å². The van der Waals surface area contributed by atoms with Gasteiger partial charge >= 0.3 is 0 Å². The van der Waals surface area contributed by atoms with E-state index in [1.807, 2.05) is 9.80 Å². The summed E-state index contributed by atoms with van der Waals surface area (Å²) in [7, 11) is 0. The molecule has 3 aliphatic rings. The summed E-state index contributed by atoms with van der Waals surface area (Å²) in [5.74, 6) is -0.564. The van der Waals surface area contributed by atoms with Gasteiger partial charge in [0.1, 0.15) is 11.6 Å². The van der Waals surface area contributed by atoms with Gasteiger partial charge in [-0.25, -0.2) is 8.78 Å². The van der Waals surface area contributed by atoms with Gasteiger partial charge in [-0.1, -0.05) is 0 Å². The first kappa shape index (κ1) is 17.4. The molecule has 6 heteroatoms. The van der Waals surface area contributed by atoms with Crippen molar-refractivity contribution in [2.45, 2.75) is 44.6 Å². The van der Waals surface area contributed by atoms with Crippen molar-refractivity contribution < 1.29 is 18.4 Å². The van der Waals surface area contributed by atoms with Crippen LogP contribution in [0.25, 0.3) is 0 Å². The van der Waals surface area contributed by atoms with Crippen molar-refractivity contribution in [3.8, 4) is 0 Å². The third kappa shape index (κ3) is 3.60. The van der Waals surface area contributed by atoms with Crippen molar-refractivity contribution in [3.63, 3.8) is 0 Å². The number of carbonyl (C=O) groups excluding carboxylic acids is 2. The summed E-state index contributed by atoms with van der Waals surface area (Å²) in [5, 5.41) is 0.